The average Bonchev–Trinajstić information content (AvgIpc) is 2.41. The normalized spacial score (nSPS) is 10.1. The van der Waals surface area contributed by atoms with Crippen LogP contribution in [0.25, 0.3) is 0 Å². The van der Waals surface area contributed by atoms with Crippen LogP contribution in [0.15, 0.2) is 30.3 Å². The zero-order valence-electron chi connectivity index (χ0n) is 10.8. The minimum absolute atomic E-state index is 0.0278. The first-order valence-electron chi connectivity index (χ1n) is 5.96. The van der Waals surface area contributed by atoms with Crippen molar-refractivity contribution in [3.05, 3.63) is 52.8 Å². The van der Waals surface area contributed by atoms with Crippen molar-refractivity contribution in [2.45, 2.75) is 13.5 Å². The molecule has 0 saturated heterocycles. The maximum Gasteiger partial charge on any atom is 0.129 e. The summed E-state index contributed by atoms with van der Waals surface area (Å²) in [6.45, 7) is 1.86. The summed E-state index contributed by atoms with van der Waals surface area (Å²) in [5.41, 5.74) is 1.69. The highest BCUT2D eigenvalue weighted by molar-refractivity contribution is 5.56. The molecule has 0 radical (unpaired) electrons. The van der Waals surface area contributed by atoms with Crippen LogP contribution in [-0.4, -0.2) is 10.2 Å². The van der Waals surface area contributed by atoms with Gasteiger partial charge in [-0.1, -0.05) is 0 Å². The van der Waals surface area contributed by atoms with Gasteiger partial charge in [0, 0.05) is 29.4 Å². The lowest BCUT2D eigenvalue weighted by Gasteiger charge is -2.12. The summed E-state index contributed by atoms with van der Waals surface area (Å²) in [6, 6.07) is 8.87. The summed E-state index contributed by atoms with van der Waals surface area (Å²) in [5, 5.41) is 30.7. The fraction of sp³-hybridized carbons (Fsp3) is 0.133. The maximum absolute atomic E-state index is 13.6. The molecular weight excluding hydrogens is 259 g/mol. The van der Waals surface area contributed by atoms with E-state index < -0.39 is 5.82 Å². The van der Waals surface area contributed by atoms with E-state index >= 15 is 0 Å². The van der Waals surface area contributed by atoms with Gasteiger partial charge >= 0.3 is 0 Å². The fourth-order valence-electron chi connectivity index (χ4n) is 1.82. The van der Waals surface area contributed by atoms with Crippen molar-refractivity contribution in [2.75, 3.05) is 5.32 Å². The monoisotopic (exact) mass is 272 g/mol. The predicted octanol–water partition coefficient (Wildman–Crippen LogP) is 3.03. The first kappa shape index (κ1) is 13.7. The molecule has 2 aromatic carbocycles. The van der Waals surface area contributed by atoms with E-state index in [4.69, 9.17) is 5.26 Å². The minimum Gasteiger partial charge on any atom is -0.508 e. The van der Waals surface area contributed by atoms with Gasteiger partial charge in [-0.15, -0.1) is 0 Å². The Balaban J connectivity index is 2.23. The van der Waals surface area contributed by atoms with Crippen molar-refractivity contribution in [1.82, 2.24) is 0 Å². The van der Waals surface area contributed by atoms with Crippen molar-refractivity contribution in [1.29, 1.82) is 5.26 Å². The molecule has 0 saturated carbocycles. The number of nitrogens with zero attached hydrogens (tertiary/aromatic N) is 1. The third kappa shape index (κ3) is 2.81. The maximum atomic E-state index is 13.6. The molecule has 0 spiro atoms. The second kappa shape index (κ2) is 5.49. The number of phenols is 2. The standard InChI is InChI=1S/C15H13FN2O2/c1-9-13(16)4-10(7-17)5-14(9)18-8-11-2-3-12(19)6-15(11)20/h2-6,18-20H,8H2,1H3. The van der Waals surface area contributed by atoms with Gasteiger partial charge < -0.3 is 15.5 Å². The molecule has 0 atom stereocenters. The van der Waals surface area contributed by atoms with Crippen LogP contribution in [-0.2, 0) is 6.54 Å². The topological polar surface area (TPSA) is 76.3 Å². The lowest BCUT2D eigenvalue weighted by Crippen LogP contribution is -2.03. The van der Waals surface area contributed by atoms with E-state index in [2.05, 4.69) is 5.32 Å². The molecule has 3 N–H and O–H groups in total. The molecule has 4 nitrogen and oxygen atoms in total. The number of nitriles is 1. The number of rotatable bonds is 3. The second-order valence-corrected chi connectivity index (χ2v) is 4.41. The highest BCUT2D eigenvalue weighted by Gasteiger charge is 2.08. The molecule has 0 fully saturated rings. The summed E-state index contributed by atoms with van der Waals surface area (Å²) >= 11 is 0. The molecule has 2 rings (SSSR count). The van der Waals surface area contributed by atoms with Gasteiger partial charge in [-0.2, -0.15) is 5.26 Å². The quantitative estimate of drug-likeness (QED) is 0.802. The number of hydrogen-bond donors (Lipinski definition) is 3. The van der Waals surface area contributed by atoms with Crippen LogP contribution in [0.4, 0.5) is 10.1 Å². The zero-order chi connectivity index (χ0) is 14.7. The number of benzene rings is 2. The third-order valence-corrected chi connectivity index (χ3v) is 3.01. The summed E-state index contributed by atoms with van der Waals surface area (Å²) in [6.07, 6.45) is 0. The van der Waals surface area contributed by atoms with Gasteiger partial charge in [0.05, 0.1) is 11.6 Å². The summed E-state index contributed by atoms with van der Waals surface area (Å²) in [4.78, 5) is 0. The molecule has 2 aromatic rings. The number of aromatic hydroxyl groups is 2. The molecule has 0 bridgehead atoms. The number of halogens is 1. The average molecular weight is 272 g/mol. The Kier molecular flexibility index (Phi) is 3.76. The first-order valence-corrected chi connectivity index (χ1v) is 5.96. The van der Waals surface area contributed by atoms with E-state index in [0.717, 1.165) is 0 Å². The van der Waals surface area contributed by atoms with Crippen molar-refractivity contribution in [2.24, 2.45) is 0 Å². The number of phenolic OH excluding ortho intramolecular Hbond substituents is 2. The van der Waals surface area contributed by atoms with Crippen molar-refractivity contribution >= 4 is 5.69 Å². The van der Waals surface area contributed by atoms with E-state index in [0.29, 0.717) is 16.8 Å². The molecule has 102 valence electrons. The lowest BCUT2D eigenvalue weighted by molar-refractivity contribution is 0.446. The van der Waals surface area contributed by atoms with E-state index in [1.165, 1.54) is 18.2 Å². The number of nitrogens with one attached hydrogen (secondary N) is 1. The van der Waals surface area contributed by atoms with Crippen molar-refractivity contribution < 1.29 is 14.6 Å². The highest BCUT2D eigenvalue weighted by atomic mass is 19.1. The largest absolute Gasteiger partial charge is 0.508 e. The Morgan fingerprint density at radius 3 is 2.65 bits per heavy atom. The zero-order valence-corrected chi connectivity index (χ0v) is 10.8. The molecule has 0 aliphatic heterocycles. The molecule has 0 aliphatic rings. The molecule has 0 heterocycles. The first-order chi connectivity index (χ1) is 9.51. The van der Waals surface area contributed by atoms with Crippen molar-refractivity contribution in [3.63, 3.8) is 0 Å². The van der Waals surface area contributed by atoms with E-state index in [9.17, 15) is 14.6 Å². The van der Waals surface area contributed by atoms with Crippen LogP contribution in [0, 0.1) is 24.1 Å². The fourth-order valence-corrected chi connectivity index (χ4v) is 1.82. The van der Waals surface area contributed by atoms with Crippen LogP contribution >= 0.6 is 0 Å². The third-order valence-electron chi connectivity index (χ3n) is 3.01. The Bertz CT molecular complexity index is 693. The number of hydrogen-bond acceptors (Lipinski definition) is 4. The van der Waals surface area contributed by atoms with Gasteiger partial charge in [0.2, 0.25) is 0 Å². The SMILES string of the molecule is Cc1c(F)cc(C#N)cc1NCc1ccc(O)cc1O. The molecule has 0 amide bonds. The molecule has 5 heteroatoms. The molecular formula is C15H13FN2O2. The Hall–Kier alpha value is -2.74. The van der Waals surface area contributed by atoms with Crippen LogP contribution < -0.4 is 5.32 Å². The smallest absolute Gasteiger partial charge is 0.129 e. The van der Waals surface area contributed by atoms with Crippen molar-refractivity contribution in [3.8, 4) is 17.6 Å². The van der Waals surface area contributed by atoms with Gasteiger partial charge in [-0.25, -0.2) is 4.39 Å². The van der Waals surface area contributed by atoms with Crippen LogP contribution in [0.2, 0.25) is 0 Å². The van der Waals surface area contributed by atoms with Crippen LogP contribution in [0.5, 0.6) is 11.5 Å². The Morgan fingerprint density at radius 1 is 1.25 bits per heavy atom. The van der Waals surface area contributed by atoms with Crippen LogP contribution in [0.1, 0.15) is 16.7 Å². The Morgan fingerprint density at radius 2 is 2.00 bits per heavy atom. The van der Waals surface area contributed by atoms with E-state index in [-0.39, 0.29) is 23.6 Å². The summed E-state index contributed by atoms with van der Waals surface area (Å²) in [7, 11) is 0. The number of anilines is 1. The Labute approximate surface area is 115 Å². The minimum atomic E-state index is -0.457. The second-order valence-electron chi connectivity index (χ2n) is 4.41. The van der Waals surface area contributed by atoms with Crippen LogP contribution in [0.3, 0.4) is 0 Å². The van der Waals surface area contributed by atoms with E-state index in [1.807, 2.05) is 6.07 Å². The van der Waals surface area contributed by atoms with Gasteiger partial charge in [-0.3, -0.25) is 0 Å². The lowest BCUT2D eigenvalue weighted by atomic mass is 10.1. The van der Waals surface area contributed by atoms with Gasteiger partial charge in [-0.05, 0) is 31.2 Å². The molecule has 0 unspecified atom stereocenters. The summed E-state index contributed by atoms with van der Waals surface area (Å²) in [5.74, 6) is -0.534. The molecule has 20 heavy (non-hydrogen) atoms. The molecule has 0 aromatic heterocycles. The van der Waals surface area contributed by atoms with Gasteiger partial charge in [0.25, 0.3) is 0 Å². The van der Waals surface area contributed by atoms with Gasteiger partial charge in [0.15, 0.2) is 0 Å². The summed E-state index contributed by atoms with van der Waals surface area (Å²) < 4.78 is 13.6. The highest BCUT2D eigenvalue weighted by Crippen LogP contribution is 2.25. The van der Waals surface area contributed by atoms with Gasteiger partial charge in [0.1, 0.15) is 17.3 Å². The van der Waals surface area contributed by atoms with E-state index in [1.54, 1.807) is 19.1 Å². The molecule has 0 aliphatic carbocycles. The predicted molar refractivity (Wildman–Crippen MR) is 73.0 cm³/mol.